The summed E-state index contributed by atoms with van der Waals surface area (Å²) < 4.78 is 26.2. The molecule has 1 nitrogen and oxygen atoms in total. The first-order valence-electron chi connectivity index (χ1n) is 7.12. The molecule has 0 bridgehead atoms. The molecule has 0 spiro atoms. The Morgan fingerprint density at radius 1 is 0.900 bits per heavy atom. The molecule has 3 heteroatoms. The number of benzene rings is 1. The SMILES string of the molecule is CC(C)C(O)(c1ccc(C(C)(C)C)cc1)C(C)C(F)F. The minimum absolute atomic E-state index is 0.00278. The number of hydrogen-bond donors (Lipinski definition) is 1. The molecule has 114 valence electrons. The second-order valence-corrected chi connectivity index (χ2v) is 6.93. The molecular weight excluding hydrogens is 258 g/mol. The van der Waals surface area contributed by atoms with Crippen LogP contribution in [0.1, 0.15) is 52.7 Å². The fourth-order valence-corrected chi connectivity index (χ4v) is 2.55. The van der Waals surface area contributed by atoms with Gasteiger partial charge in [0.05, 0.1) is 11.5 Å². The molecule has 2 atom stereocenters. The number of rotatable bonds is 4. The van der Waals surface area contributed by atoms with E-state index in [1.54, 1.807) is 26.0 Å². The van der Waals surface area contributed by atoms with E-state index in [0.29, 0.717) is 5.56 Å². The van der Waals surface area contributed by atoms with Gasteiger partial charge in [-0.15, -0.1) is 0 Å². The highest BCUT2D eigenvalue weighted by atomic mass is 19.3. The first-order chi connectivity index (χ1) is 9.01. The Labute approximate surface area is 121 Å². The van der Waals surface area contributed by atoms with Gasteiger partial charge in [0, 0.05) is 0 Å². The van der Waals surface area contributed by atoms with Crippen LogP contribution in [0.5, 0.6) is 0 Å². The fourth-order valence-electron chi connectivity index (χ4n) is 2.55. The average molecular weight is 284 g/mol. The van der Waals surface area contributed by atoms with Gasteiger partial charge in [-0.1, -0.05) is 65.8 Å². The van der Waals surface area contributed by atoms with E-state index in [9.17, 15) is 13.9 Å². The first kappa shape index (κ1) is 17.1. The maximum atomic E-state index is 13.1. The molecular formula is C17H26F2O. The Balaban J connectivity index is 3.24. The molecule has 1 aromatic rings. The van der Waals surface area contributed by atoms with E-state index in [2.05, 4.69) is 20.8 Å². The van der Waals surface area contributed by atoms with Crippen molar-refractivity contribution in [2.24, 2.45) is 11.8 Å². The van der Waals surface area contributed by atoms with Crippen molar-refractivity contribution in [1.82, 2.24) is 0 Å². The Hall–Kier alpha value is -0.960. The third kappa shape index (κ3) is 3.20. The van der Waals surface area contributed by atoms with Gasteiger partial charge in [-0.25, -0.2) is 8.78 Å². The highest BCUT2D eigenvalue weighted by Crippen LogP contribution is 2.40. The molecule has 0 aromatic heterocycles. The van der Waals surface area contributed by atoms with Crippen LogP contribution in [-0.2, 0) is 11.0 Å². The Kier molecular flexibility index (Phi) is 4.96. The molecule has 1 aromatic carbocycles. The maximum absolute atomic E-state index is 13.1. The smallest absolute Gasteiger partial charge is 0.244 e. The van der Waals surface area contributed by atoms with E-state index >= 15 is 0 Å². The number of aliphatic hydroxyl groups is 1. The van der Waals surface area contributed by atoms with Crippen LogP contribution in [0.15, 0.2) is 24.3 Å². The highest BCUT2D eigenvalue weighted by molar-refractivity contribution is 5.31. The van der Waals surface area contributed by atoms with Crippen LogP contribution in [0, 0.1) is 11.8 Å². The molecule has 1 rings (SSSR count). The van der Waals surface area contributed by atoms with Crippen molar-refractivity contribution in [3.05, 3.63) is 35.4 Å². The summed E-state index contributed by atoms with van der Waals surface area (Å²) in [6, 6.07) is 7.39. The van der Waals surface area contributed by atoms with Crippen molar-refractivity contribution in [1.29, 1.82) is 0 Å². The van der Waals surface area contributed by atoms with Gasteiger partial charge in [0.2, 0.25) is 6.43 Å². The standard InChI is InChI=1S/C17H26F2O/c1-11(2)17(20,12(3)15(18)19)14-9-7-13(8-10-14)16(4,5)6/h7-12,15,20H,1-6H3. The van der Waals surface area contributed by atoms with Gasteiger partial charge >= 0.3 is 0 Å². The van der Waals surface area contributed by atoms with Gasteiger partial charge in [-0.2, -0.15) is 0 Å². The molecule has 20 heavy (non-hydrogen) atoms. The number of halogens is 2. The Morgan fingerprint density at radius 2 is 1.30 bits per heavy atom. The van der Waals surface area contributed by atoms with E-state index in [1.165, 1.54) is 6.92 Å². The lowest BCUT2D eigenvalue weighted by atomic mass is 9.73. The van der Waals surface area contributed by atoms with Crippen LogP contribution in [0.2, 0.25) is 0 Å². The van der Waals surface area contributed by atoms with Crippen LogP contribution < -0.4 is 0 Å². The maximum Gasteiger partial charge on any atom is 0.244 e. The van der Waals surface area contributed by atoms with Gasteiger partial charge < -0.3 is 5.11 Å². The molecule has 1 N–H and O–H groups in total. The summed E-state index contributed by atoms with van der Waals surface area (Å²) in [4.78, 5) is 0. The zero-order valence-corrected chi connectivity index (χ0v) is 13.2. The van der Waals surface area contributed by atoms with E-state index in [-0.39, 0.29) is 11.3 Å². The molecule has 0 aliphatic rings. The lowest BCUT2D eigenvalue weighted by Gasteiger charge is -2.38. The topological polar surface area (TPSA) is 20.2 Å². The summed E-state index contributed by atoms with van der Waals surface area (Å²) in [5.74, 6) is -1.39. The summed E-state index contributed by atoms with van der Waals surface area (Å²) in [5.41, 5.74) is 0.179. The first-order valence-corrected chi connectivity index (χ1v) is 7.12. The molecule has 0 aliphatic heterocycles. The molecule has 0 amide bonds. The normalized spacial score (nSPS) is 17.4. The number of hydrogen-bond acceptors (Lipinski definition) is 1. The third-order valence-electron chi connectivity index (χ3n) is 4.17. The van der Waals surface area contributed by atoms with Crippen LogP contribution in [0.4, 0.5) is 8.78 Å². The van der Waals surface area contributed by atoms with Crippen LogP contribution in [0.25, 0.3) is 0 Å². The van der Waals surface area contributed by atoms with E-state index < -0.39 is 17.9 Å². The molecule has 2 unspecified atom stereocenters. The molecule has 0 fully saturated rings. The van der Waals surface area contributed by atoms with Crippen LogP contribution >= 0.6 is 0 Å². The lowest BCUT2D eigenvalue weighted by Crippen LogP contribution is -2.42. The Bertz CT molecular complexity index is 431. The van der Waals surface area contributed by atoms with E-state index in [0.717, 1.165) is 5.56 Å². The summed E-state index contributed by atoms with van der Waals surface area (Å²) >= 11 is 0. The molecule has 0 heterocycles. The molecule has 0 saturated carbocycles. The van der Waals surface area contributed by atoms with Crippen molar-refractivity contribution in [2.45, 2.75) is 59.0 Å². The van der Waals surface area contributed by atoms with Gasteiger partial charge in [0.1, 0.15) is 0 Å². The average Bonchev–Trinajstić information content (AvgIpc) is 2.35. The van der Waals surface area contributed by atoms with Crippen molar-refractivity contribution in [3.63, 3.8) is 0 Å². The van der Waals surface area contributed by atoms with E-state index in [1.807, 2.05) is 12.1 Å². The quantitative estimate of drug-likeness (QED) is 0.847. The van der Waals surface area contributed by atoms with E-state index in [4.69, 9.17) is 0 Å². The van der Waals surface area contributed by atoms with Crippen molar-refractivity contribution in [2.75, 3.05) is 0 Å². The predicted molar refractivity (Wildman–Crippen MR) is 79.0 cm³/mol. The van der Waals surface area contributed by atoms with Crippen LogP contribution in [-0.4, -0.2) is 11.5 Å². The van der Waals surface area contributed by atoms with Crippen molar-refractivity contribution < 1.29 is 13.9 Å². The molecule has 0 aliphatic carbocycles. The highest BCUT2D eigenvalue weighted by Gasteiger charge is 2.43. The lowest BCUT2D eigenvalue weighted by molar-refractivity contribution is -0.112. The number of alkyl halides is 2. The third-order valence-corrected chi connectivity index (χ3v) is 4.17. The van der Waals surface area contributed by atoms with Gasteiger partial charge in [0.25, 0.3) is 0 Å². The summed E-state index contributed by atoms with van der Waals surface area (Å²) in [7, 11) is 0. The fraction of sp³-hybridized carbons (Fsp3) is 0.647. The van der Waals surface area contributed by atoms with Crippen molar-refractivity contribution >= 4 is 0 Å². The summed E-state index contributed by atoms with van der Waals surface area (Å²) in [6.45, 7) is 11.2. The minimum atomic E-state index is -2.55. The van der Waals surface area contributed by atoms with Crippen molar-refractivity contribution in [3.8, 4) is 0 Å². The van der Waals surface area contributed by atoms with Gasteiger partial charge in [-0.3, -0.25) is 0 Å². The second kappa shape index (κ2) is 5.80. The Morgan fingerprint density at radius 3 is 1.60 bits per heavy atom. The molecule has 0 radical (unpaired) electrons. The zero-order chi connectivity index (χ0) is 15.7. The predicted octanol–water partition coefficient (Wildman–Crippen LogP) is 4.73. The van der Waals surface area contributed by atoms with Crippen LogP contribution in [0.3, 0.4) is 0 Å². The molecule has 0 saturated heterocycles. The zero-order valence-electron chi connectivity index (χ0n) is 13.2. The monoisotopic (exact) mass is 284 g/mol. The van der Waals surface area contributed by atoms with Gasteiger partial charge in [-0.05, 0) is 22.5 Å². The summed E-state index contributed by atoms with van der Waals surface area (Å²) in [5, 5.41) is 10.8. The van der Waals surface area contributed by atoms with Gasteiger partial charge in [0.15, 0.2) is 0 Å². The summed E-state index contributed by atoms with van der Waals surface area (Å²) in [6.07, 6.45) is -2.55. The second-order valence-electron chi connectivity index (χ2n) is 6.93. The largest absolute Gasteiger partial charge is 0.384 e. The minimum Gasteiger partial charge on any atom is -0.384 e.